The average molecular weight is 307 g/mol. The molecule has 2 heteroatoms. The Bertz CT molecular complexity index is 736. The molecule has 1 aliphatic rings. The van der Waals surface area contributed by atoms with Crippen molar-refractivity contribution in [1.29, 1.82) is 0 Å². The number of benzene rings is 1. The van der Waals surface area contributed by atoms with Crippen LogP contribution < -0.4 is 4.74 Å². The molecule has 0 N–H and O–H groups in total. The van der Waals surface area contributed by atoms with E-state index in [1.165, 1.54) is 11.1 Å². The number of aromatic nitrogens is 1. The first kappa shape index (κ1) is 15.8. The van der Waals surface area contributed by atoms with Crippen molar-refractivity contribution in [3.05, 3.63) is 65.5 Å². The van der Waals surface area contributed by atoms with Gasteiger partial charge in [0, 0.05) is 28.9 Å². The highest BCUT2D eigenvalue weighted by Crippen LogP contribution is 2.40. The van der Waals surface area contributed by atoms with Crippen molar-refractivity contribution in [3.8, 4) is 5.75 Å². The molecule has 2 nitrogen and oxygen atoms in total. The highest BCUT2D eigenvalue weighted by Gasteiger charge is 2.26. The van der Waals surface area contributed by atoms with Gasteiger partial charge in [0.1, 0.15) is 5.75 Å². The fourth-order valence-corrected chi connectivity index (χ4v) is 2.87. The molecule has 0 fully saturated rings. The first-order valence-corrected chi connectivity index (χ1v) is 8.17. The minimum Gasteiger partial charge on any atom is -0.492 e. The maximum absolute atomic E-state index is 6.11. The van der Waals surface area contributed by atoms with Gasteiger partial charge in [-0.15, -0.1) is 0 Å². The van der Waals surface area contributed by atoms with Gasteiger partial charge >= 0.3 is 0 Å². The standard InChI is InChI=1S/C21H25NO/c1-20(2,3)16-8-9-19-17(11-16)18(12-21(4,5)14-23-19)15-7-6-10-22-13-15/h6-13H,14H2,1-5H3. The second kappa shape index (κ2) is 5.52. The summed E-state index contributed by atoms with van der Waals surface area (Å²) >= 11 is 0. The lowest BCUT2D eigenvalue weighted by Gasteiger charge is -2.21. The molecule has 3 rings (SSSR count). The van der Waals surface area contributed by atoms with E-state index in [0.717, 1.165) is 16.9 Å². The topological polar surface area (TPSA) is 22.1 Å². The van der Waals surface area contributed by atoms with Crippen molar-refractivity contribution in [1.82, 2.24) is 4.98 Å². The summed E-state index contributed by atoms with van der Waals surface area (Å²) in [5, 5.41) is 0. The summed E-state index contributed by atoms with van der Waals surface area (Å²) < 4.78 is 6.11. The maximum atomic E-state index is 6.11. The highest BCUT2D eigenvalue weighted by atomic mass is 16.5. The second-order valence-electron chi connectivity index (χ2n) is 8.04. The molecule has 0 radical (unpaired) electrons. The van der Waals surface area contributed by atoms with Crippen molar-refractivity contribution >= 4 is 5.57 Å². The largest absolute Gasteiger partial charge is 0.492 e. The molecule has 0 saturated carbocycles. The molecule has 0 atom stereocenters. The summed E-state index contributed by atoms with van der Waals surface area (Å²) in [5.74, 6) is 0.957. The lowest BCUT2D eigenvalue weighted by molar-refractivity contribution is 0.225. The van der Waals surface area contributed by atoms with Crippen LogP contribution in [-0.2, 0) is 5.41 Å². The Morgan fingerprint density at radius 1 is 1.13 bits per heavy atom. The molecule has 120 valence electrons. The molecule has 0 unspecified atom stereocenters. The molecule has 0 amide bonds. The van der Waals surface area contributed by atoms with Gasteiger partial charge in [-0.1, -0.05) is 52.8 Å². The van der Waals surface area contributed by atoms with Crippen LogP contribution >= 0.6 is 0 Å². The Labute approximate surface area is 139 Å². The van der Waals surface area contributed by atoms with Crippen molar-refractivity contribution in [2.75, 3.05) is 6.61 Å². The van der Waals surface area contributed by atoms with Gasteiger partial charge < -0.3 is 4.74 Å². The number of hydrogen-bond acceptors (Lipinski definition) is 2. The summed E-state index contributed by atoms with van der Waals surface area (Å²) in [5.41, 5.74) is 4.91. The Hall–Kier alpha value is -2.09. The van der Waals surface area contributed by atoms with Gasteiger partial charge in [0.05, 0.1) is 6.61 Å². The van der Waals surface area contributed by atoms with Crippen LogP contribution in [0.2, 0.25) is 0 Å². The average Bonchev–Trinajstić information content (AvgIpc) is 2.63. The minimum atomic E-state index is -0.0217. The van der Waals surface area contributed by atoms with E-state index >= 15 is 0 Å². The smallest absolute Gasteiger partial charge is 0.127 e. The van der Waals surface area contributed by atoms with Crippen LogP contribution in [0, 0.1) is 5.41 Å². The molecule has 2 aromatic rings. The number of rotatable bonds is 1. The molecule has 1 aromatic heterocycles. The van der Waals surface area contributed by atoms with E-state index in [-0.39, 0.29) is 10.8 Å². The van der Waals surface area contributed by atoms with E-state index in [1.807, 2.05) is 18.5 Å². The van der Waals surface area contributed by atoms with Gasteiger partial charge in [-0.05, 0) is 34.8 Å². The summed E-state index contributed by atoms with van der Waals surface area (Å²) in [7, 11) is 0. The number of hydrogen-bond donors (Lipinski definition) is 0. The molecule has 23 heavy (non-hydrogen) atoms. The number of fused-ring (bicyclic) bond motifs is 1. The molecule has 1 aliphatic heterocycles. The molecule has 0 aliphatic carbocycles. The predicted molar refractivity (Wildman–Crippen MR) is 95.7 cm³/mol. The molecule has 0 saturated heterocycles. The highest BCUT2D eigenvalue weighted by molar-refractivity contribution is 5.83. The van der Waals surface area contributed by atoms with Crippen molar-refractivity contribution in [2.24, 2.45) is 5.41 Å². The van der Waals surface area contributed by atoms with Crippen LogP contribution in [-0.4, -0.2) is 11.6 Å². The second-order valence-corrected chi connectivity index (χ2v) is 8.04. The van der Waals surface area contributed by atoms with Crippen molar-refractivity contribution in [2.45, 2.75) is 40.0 Å². The van der Waals surface area contributed by atoms with Crippen LogP contribution in [0.15, 0.2) is 48.8 Å². The van der Waals surface area contributed by atoms with Crippen LogP contribution in [0.5, 0.6) is 5.75 Å². The summed E-state index contributed by atoms with van der Waals surface area (Å²) in [6.07, 6.45) is 6.07. The zero-order valence-corrected chi connectivity index (χ0v) is 14.7. The van der Waals surface area contributed by atoms with Crippen molar-refractivity contribution < 1.29 is 4.74 Å². The summed E-state index contributed by atoms with van der Waals surface area (Å²) in [6.45, 7) is 11.8. The van der Waals surface area contributed by atoms with Crippen LogP contribution in [0.1, 0.15) is 51.3 Å². The van der Waals surface area contributed by atoms with Gasteiger partial charge in [0.2, 0.25) is 0 Å². The third-order valence-corrected chi connectivity index (χ3v) is 4.24. The molecular formula is C21H25NO. The fourth-order valence-electron chi connectivity index (χ4n) is 2.87. The lowest BCUT2D eigenvalue weighted by Crippen LogP contribution is -2.17. The Balaban J connectivity index is 2.22. The lowest BCUT2D eigenvalue weighted by atomic mass is 9.83. The normalized spacial score (nSPS) is 16.8. The third-order valence-electron chi connectivity index (χ3n) is 4.24. The van der Waals surface area contributed by atoms with Gasteiger partial charge in [0.15, 0.2) is 0 Å². The maximum Gasteiger partial charge on any atom is 0.127 e. The van der Waals surface area contributed by atoms with Crippen LogP contribution in [0.3, 0.4) is 0 Å². The molecule has 1 aromatic carbocycles. The number of ether oxygens (including phenoxy) is 1. The number of pyridine rings is 1. The van der Waals surface area contributed by atoms with Crippen LogP contribution in [0.25, 0.3) is 5.57 Å². The molecule has 0 spiro atoms. The van der Waals surface area contributed by atoms with E-state index in [0.29, 0.717) is 6.61 Å². The zero-order valence-electron chi connectivity index (χ0n) is 14.7. The third kappa shape index (κ3) is 3.31. The SMILES string of the molecule is CC1(C)C=C(c2cccnc2)c2cc(C(C)(C)C)ccc2OC1. The van der Waals surface area contributed by atoms with Crippen LogP contribution in [0.4, 0.5) is 0 Å². The van der Waals surface area contributed by atoms with E-state index in [1.54, 1.807) is 0 Å². The van der Waals surface area contributed by atoms with Gasteiger partial charge in [-0.3, -0.25) is 4.98 Å². The van der Waals surface area contributed by atoms with E-state index < -0.39 is 0 Å². The minimum absolute atomic E-state index is 0.0217. The Morgan fingerprint density at radius 3 is 2.57 bits per heavy atom. The van der Waals surface area contributed by atoms with E-state index in [2.05, 4.69) is 69.9 Å². The number of nitrogens with zero attached hydrogens (tertiary/aromatic N) is 1. The van der Waals surface area contributed by atoms with Gasteiger partial charge in [-0.25, -0.2) is 0 Å². The Morgan fingerprint density at radius 2 is 1.91 bits per heavy atom. The first-order valence-electron chi connectivity index (χ1n) is 8.17. The Kier molecular flexibility index (Phi) is 3.79. The monoisotopic (exact) mass is 307 g/mol. The van der Waals surface area contributed by atoms with Gasteiger partial charge in [0.25, 0.3) is 0 Å². The van der Waals surface area contributed by atoms with Gasteiger partial charge in [-0.2, -0.15) is 0 Å². The zero-order chi connectivity index (χ0) is 16.7. The van der Waals surface area contributed by atoms with Crippen molar-refractivity contribution in [3.63, 3.8) is 0 Å². The molecule has 0 bridgehead atoms. The van der Waals surface area contributed by atoms with E-state index in [9.17, 15) is 0 Å². The quantitative estimate of drug-likeness (QED) is 0.719. The molecular weight excluding hydrogens is 282 g/mol. The fraction of sp³-hybridized carbons (Fsp3) is 0.381. The van der Waals surface area contributed by atoms with E-state index in [4.69, 9.17) is 4.74 Å². The summed E-state index contributed by atoms with van der Waals surface area (Å²) in [6, 6.07) is 10.7. The first-order chi connectivity index (χ1) is 10.8. The summed E-state index contributed by atoms with van der Waals surface area (Å²) in [4.78, 5) is 4.30. The molecule has 2 heterocycles. The predicted octanol–water partition coefficient (Wildman–Crippen LogP) is 5.23.